The number of nitrogens with zero attached hydrogens (tertiary/aromatic N) is 4. The Labute approximate surface area is 110 Å². The van der Waals surface area contributed by atoms with Gasteiger partial charge in [-0.25, -0.2) is 0 Å². The zero-order valence-corrected chi connectivity index (χ0v) is 10.6. The van der Waals surface area contributed by atoms with Gasteiger partial charge < -0.3 is 15.3 Å². The summed E-state index contributed by atoms with van der Waals surface area (Å²) >= 11 is 0. The van der Waals surface area contributed by atoms with E-state index in [1.54, 1.807) is 0 Å². The molecule has 0 saturated carbocycles. The number of carboxylic acids is 1. The number of rotatable bonds is 6. The summed E-state index contributed by atoms with van der Waals surface area (Å²) < 4.78 is 0. The largest absolute Gasteiger partial charge is 0.480 e. The standard InChI is InChI=1S/C11H17N5O3/c17-10(3-6-15-4-1-2-5-15)13-9-7-12-16(14-9)8-11(18)19/h7H,1-6,8H2,(H,18,19)(H,13,14,17). The van der Waals surface area contributed by atoms with Gasteiger partial charge in [0.2, 0.25) is 5.91 Å². The van der Waals surface area contributed by atoms with Gasteiger partial charge >= 0.3 is 5.97 Å². The lowest BCUT2D eigenvalue weighted by Crippen LogP contribution is -2.25. The molecule has 104 valence electrons. The molecule has 0 spiro atoms. The van der Waals surface area contributed by atoms with E-state index in [0.717, 1.165) is 24.4 Å². The van der Waals surface area contributed by atoms with Gasteiger partial charge in [-0.3, -0.25) is 9.59 Å². The average molecular weight is 267 g/mol. The molecule has 0 aliphatic carbocycles. The van der Waals surface area contributed by atoms with Gasteiger partial charge in [0.05, 0.1) is 6.20 Å². The van der Waals surface area contributed by atoms with Crippen LogP contribution in [0, 0.1) is 0 Å². The van der Waals surface area contributed by atoms with Crippen molar-refractivity contribution in [3.63, 3.8) is 0 Å². The van der Waals surface area contributed by atoms with E-state index < -0.39 is 5.97 Å². The second-order valence-corrected chi connectivity index (χ2v) is 4.50. The molecule has 1 aliphatic rings. The zero-order chi connectivity index (χ0) is 13.7. The van der Waals surface area contributed by atoms with Crippen LogP contribution in [0.4, 0.5) is 5.82 Å². The fourth-order valence-electron chi connectivity index (χ4n) is 2.02. The minimum atomic E-state index is -1.03. The maximum Gasteiger partial charge on any atom is 0.327 e. The number of likely N-dealkylation sites (tertiary alicyclic amines) is 1. The van der Waals surface area contributed by atoms with Crippen LogP contribution in [0.3, 0.4) is 0 Å². The molecular formula is C11H17N5O3. The normalized spacial score (nSPS) is 15.6. The first-order valence-corrected chi connectivity index (χ1v) is 6.27. The van der Waals surface area contributed by atoms with Crippen LogP contribution in [-0.2, 0) is 16.1 Å². The second-order valence-electron chi connectivity index (χ2n) is 4.50. The number of anilines is 1. The Morgan fingerprint density at radius 1 is 1.37 bits per heavy atom. The first kappa shape index (κ1) is 13.5. The lowest BCUT2D eigenvalue weighted by atomic mass is 10.3. The van der Waals surface area contributed by atoms with Crippen molar-refractivity contribution >= 4 is 17.7 Å². The molecule has 8 nitrogen and oxygen atoms in total. The Hall–Kier alpha value is -1.96. The molecule has 0 bridgehead atoms. The number of carboxylic acid groups (broad SMARTS) is 1. The van der Waals surface area contributed by atoms with Gasteiger partial charge in [-0.15, -0.1) is 5.10 Å². The number of carbonyl (C=O) groups excluding carboxylic acids is 1. The fraction of sp³-hybridized carbons (Fsp3) is 0.636. The molecule has 0 aromatic carbocycles. The summed E-state index contributed by atoms with van der Waals surface area (Å²) in [5, 5.41) is 18.8. The van der Waals surface area contributed by atoms with Crippen molar-refractivity contribution in [3.05, 3.63) is 6.20 Å². The van der Waals surface area contributed by atoms with Gasteiger partial charge in [-0.05, 0) is 25.9 Å². The highest BCUT2D eigenvalue weighted by atomic mass is 16.4. The lowest BCUT2D eigenvalue weighted by molar-refractivity contribution is -0.138. The van der Waals surface area contributed by atoms with Crippen molar-refractivity contribution in [1.82, 2.24) is 19.9 Å². The van der Waals surface area contributed by atoms with Gasteiger partial charge in [0.25, 0.3) is 0 Å². The number of hydrogen-bond acceptors (Lipinski definition) is 5. The SMILES string of the molecule is O=C(O)Cn1ncc(NC(=O)CCN2CCCC2)n1. The average Bonchev–Trinajstić information content (AvgIpc) is 2.97. The van der Waals surface area contributed by atoms with Crippen molar-refractivity contribution < 1.29 is 14.7 Å². The molecule has 1 aromatic rings. The van der Waals surface area contributed by atoms with Crippen molar-refractivity contribution in [2.24, 2.45) is 0 Å². The Balaban J connectivity index is 1.74. The summed E-state index contributed by atoms with van der Waals surface area (Å²) in [6.45, 7) is 2.54. The summed E-state index contributed by atoms with van der Waals surface area (Å²) in [6.07, 6.45) is 4.15. The Morgan fingerprint density at radius 3 is 2.79 bits per heavy atom. The topological polar surface area (TPSA) is 100 Å². The maximum atomic E-state index is 11.7. The molecule has 2 N–H and O–H groups in total. The molecule has 0 radical (unpaired) electrons. The highest BCUT2D eigenvalue weighted by molar-refractivity contribution is 5.89. The van der Waals surface area contributed by atoms with Gasteiger partial charge in [0.15, 0.2) is 12.4 Å². The third kappa shape index (κ3) is 4.32. The van der Waals surface area contributed by atoms with E-state index in [4.69, 9.17) is 5.11 Å². The van der Waals surface area contributed by atoms with Gasteiger partial charge in [-0.1, -0.05) is 0 Å². The van der Waals surface area contributed by atoms with E-state index in [1.807, 2.05) is 0 Å². The van der Waals surface area contributed by atoms with E-state index >= 15 is 0 Å². The van der Waals surface area contributed by atoms with Crippen LogP contribution >= 0.6 is 0 Å². The van der Waals surface area contributed by atoms with Crippen LogP contribution in [0.25, 0.3) is 0 Å². The highest BCUT2D eigenvalue weighted by Gasteiger charge is 2.13. The van der Waals surface area contributed by atoms with Crippen LogP contribution in [0.15, 0.2) is 6.20 Å². The fourth-order valence-corrected chi connectivity index (χ4v) is 2.02. The maximum absolute atomic E-state index is 11.7. The Kier molecular flexibility index (Phi) is 4.45. The van der Waals surface area contributed by atoms with Crippen molar-refractivity contribution in [1.29, 1.82) is 0 Å². The van der Waals surface area contributed by atoms with E-state index in [9.17, 15) is 9.59 Å². The number of carbonyl (C=O) groups is 2. The number of hydrogen-bond donors (Lipinski definition) is 2. The third-order valence-corrected chi connectivity index (χ3v) is 2.93. The van der Waals surface area contributed by atoms with E-state index in [-0.39, 0.29) is 18.3 Å². The monoisotopic (exact) mass is 267 g/mol. The summed E-state index contributed by atoms with van der Waals surface area (Å²) in [6, 6.07) is 0. The molecule has 0 atom stereocenters. The van der Waals surface area contributed by atoms with Gasteiger partial charge in [-0.2, -0.15) is 9.90 Å². The van der Waals surface area contributed by atoms with Crippen molar-refractivity contribution in [3.8, 4) is 0 Å². The molecular weight excluding hydrogens is 250 g/mol. The number of aliphatic carboxylic acids is 1. The molecule has 8 heteroatoms. The van der Waals surface area contributed by atoms with Gasteiger partial charge in [0.1, 0.15) is 0 Å². The summed E-state index contributed by atoms with van der Waals surface area (Å²) in [4.78, 5) is 25.4. The first-order valence-electron chi connectivity index (χ1n) is 6.27. The zero-order valence-electron chi connectivity index (χ0n) is 10.6. The highest BCUT2D eigenvalue weighted by Crippen LogP contribution is 2.08. The molecule has 2 heterocycles. The summed E-state index contributed by atoms with van der Waals surface area (Å²) in [5.41, 5.74) is 0. The predicted octanol–water partition coefficient (Wildman–Crippen LogP) is -0.213. The smallest absolute Gasteiger partial charge is 0.327 e. The minimum absolute atomic E-state index is 0.130. The third-order valence-electron chi connectivity index (χ3n) is 2.93. The first-order chi connectivity index (χ1) is 9.13. The molecule has 0 unspecified atom stereocenters. The molecule has 1 aliphatic heterocycles. The van der Waals surface area contributed by atoms with Crippen LogP contribution in [-0.4, -0.2) is 56.5 Å². The molecule has 1 amide bonds. The molecule has 19 heavy (non-hydrogen) atoms. The van der Waals surface area contributed by atoms with Crippen LogP contribution < -0.4 is 5.32 Å². The number of nitrogens with one attached hydrogen (secondary N) is 1. The van der Waals surface area contributed by atoms with Gasteiger partial charge in [0, 0.05) is 13.0 Å². The Bertz CT molecular complexity index is 453. The van der Waals surface area contributed by atoms with Crippen molar-refractivity contribution in [2.75, 3.05) is 25.0 Å². The van der Waals surface area contributed by atoms with E-state index in [2.05, 4.69) is 20.4 Å². The second kappa shape index (κ2) is 6.28. The van der Waals surface area contributed by atoms with Crippen LogP contribution in [0.5, 0.6) is 0 Å². The predicted molar refractivity (Wildman–Crippen MR) is 66.6 cm³/mol. The van der Waals surface area contributed by atoms with E-state index in [0.29, 0.717) is 6.42 Å². The van der Waals surface area contributed by atoms with Crippen LogP contribution in [0.2, 0.25) is 0 Å². The molecule has 1 fully saturated rings. The Morgan fingerprint density at radius 2 is 2.11 bits per heavy atom. The summed E-state index contributed by atoms with van der Waals surface area (Å²) in [7, 11) is 0. The van der Waals surface area contributed by atoms with Crippen molar-refractivity contribution in [2.45, 2.75) is 25.8 Å². The quantitative estimate of drug-likeness (QED) is 0.739. The lowest BCUT2D eigenvalue weighted by Gasteiger charge is -2.13. The molecule has 2 rings (SSSR count). The van der Waals surface area contributed by atoms with E-state index in [1.165, 1.54) is 19.0 Å². The van der Waals surface area contributed by atoms with Crippen LogP contribution in [0.1, 0.15) is 19.3 Å². The molecule has 1 aromatic heterocycles. The minimum Gasteiger partial charge on any atom is -0.480 e. The number of amides is 1. The number of aromatic nitrogens is 3. The summed E-state index contributed by atoms with van der Waals surface area (Å²) in [5.74, 6) is -0.871. The molecule has 1 saturated heterocycles.